The lowest BCUT2D eigenvalue weighted by Gasteiger charge is -2.05. The number of hydrogen-bond donors (Lipinski definition) is 1. The highest BCUT2D eigenvalue weighted by Crippen LogP contribution is 2.47. The van der Waals surface area contributed by atoms with E-state index < -0.39 is 0 Å². The molecule has 0 aromatic carbocycles. The first kappa shape index (κ1) is 10.4. The van der Waals surface area contributed by atoms with E-state index in [1.54, 1.807) is 7.11 Å². The molecule has 2 atom stereocenters. The molecule has 0 bridgehead atoms. The molecule has 1 fully saturated rings. The number of nitrogen functional groups attached to an aromatic ring is 1. The van der Waals surface area contributed by atoms with Gasteiger partial charge in [0.15, 0.2) is 5.65 Å². The van der Waals surface area contributed by atoms with Gasteiger partial charge in [0.25, 0.3) is 0 Å². The second-order valence-corrected chi connectivity index (χ2v) is 4.51. The normalized spacial score (nSPS) is 22.9. The first-order valence-corrected chi connectivity index (χ1v) is 5.93. The van der Waals surface area contributed by atoms with Gasteiger partial charge in [-0.1, -0.05) is 13.3 Å². The Morgan fingerprint density at radius 1 is 1.47 bits per heavy atom. The van der Waals surface area contributed by atoms with Crippen molar-refractivity contribution in [3.05, 3.63) is 12.1 Å². The Labute approximate surface area is 99.6 Å². The smallest absolute Gasteiger partial charge is 0.215 e. The van der Waals surface area contributed by atoms with Crippen LogP contribution >= 0.6 is 0 Å². The summed E-state index contributed by atoms with van der Waals surface area (Å²) < 4.78 is 7.19. The summed E-state index contributed by atoms with van der Waals surface area (Å²) in [5.41, 5.74) is 7.65. The molecular weight excluding hydrogens is 216 g/mol. The number of anilines is 1. The predicted octanol–water partition coefficient (Wildman–Crippen LogP) is 1.99. The first-order valence-electron chi connectivity index (χ1n) is 5.93. The van der Waals surface area contributed by atoms with Crippen molar-refractivity contribution >= 4 is 17.1 Å². The van der Waals surface area contributed by atoms with Gasteiger partial charge in [-0.3, -0.25) is 4.57 Å². The van der Waals surface area contributed by atoms with Crippen molar-refractivity contribution in [3.8, 4) is 5.88 Å². The Kier molecular flexibility index (Phi) is 2.21. The molecule has 0 spiro atoms. The molecule has 2 N–H and O–H groups in total. The summed E-state index contributed by atoms with van der Waals surface area (Å²) in [6, 6.07) is 4.17. The largest absolute Gasteiger partial charge is 0.481 e. The van der Waals surface area contributed by atoms with E-state index in [4.69, 9.17) is 10.5 Å². The van der Waals surface area contributed by atoms with Crippen LogP contribution in [-0.2, 0) is 0 Å². The summed E-state index contributed by atoms with van der Waals surface area (Å²) in [7, 11) is 1.62. The Morgan fingerprint density at radius 2 is 2.29 bits per heavy atom. The summed E-state index contributed by atoms with van der Waals surface area (Å²) in [6.45, 7) is 2.20. The molecule has 1 aliphatic carbocycles. The minimum Gasteiger partial charge on any atom is -0.481 e. The fraction of sp³-hybridized carbons (Fsp3) is 0.500. The second-order valence-electron chi connectivity index (χ2n) is 4.51. The molecule has 3 rings (SSSR count). The summed E-state index contributed by atoms with van der Waals surface area (Å²) in [5.74, 6) is 1.87. The number of aromatic nitrogens is 3. The van der Waals surface area contributed by atoms with Crippen LogP contribution in [0.15, 0.2) is 12.1 Å². The molecule has 0 amide bonds. The molecule has 2 heterocycles. The predicted molar refractivity (Wildman–Crippen MR) is 65.9 cm³/mol. The number of hydrogen-bond acceptors (Lipinski definition) is 4. The molecule has 5 heteroatoms. The van der Waals surface area contributed by atoms with Crippen LogP contribution in [0, 0.1) is 5.92 Å². The number of pyridine rings is 1. The van der Waals surface area contributed by atoms with Crippen molar-refractivity contribution in [2.45, 2.75) is 25.8 Å². The van der Waals surface area contributed by atoms with Crippen molar-refractivity contribution in [1.29, 1.82) is 0 Å². The van der Waals surface area contributed by atoms with Crippen molar-refractivity contribution in [3.63, 3.8) is 0 Å². The lowest BCUT2D eigenvalue weighted by molar-refractivity contribution is 0.399. The molecule has 17 heavy (non-hydrogen) atoms. The first-order chi connectivity index (χ1) is 8.24. The fourth-order valence-corrected chi connectivity index (χ4v) is 2.40. The van der Waals surface area contributed by atoms with Gasteiger partial charge in [0.2, 0.25) is 11.8 Å². The van der Waals surface area contributed by atoms with Gasteiger partial charge in [0.1, 0.15) is 5.52 Å². The average Bonchev–Trinajstić information content (AvgIpc) is 3.04. The minimum atomic E-state index is 0.463. The van der Waals surface area contributed by atoms with Gasteiger partial charge < -0.3 is 10.5 Å². The second kappa shape index (κ2) is 3.61. The number of ether oxygens (including phenoxy) is 1. The van der Waals surface area contributed by atoms with Crippen LogP contribution in [0.4, 0.5) is 5.95 Å². The third-order valence-electron chi connectivity index (χ3n) is 3.49. The van der Waals surface area contributed by atoms with Crippen molar-refractivity contribution in [2.75, 3.05) is 12.8 Å². The van der Waals surface area contributed by atoms with Crippen molar-refractivity contribution in [2.24, 2.45) is 5.92 Å². The summed E-state index contributed by atoms with van der Waals surface area (Å²) in [6.07, 6.45) is 2.35. The molecule has 90 valence electrons. The quantitative estimate of drug-likeness (QED) is 0.878. The van der Waals surface area contributed by atoms with Crippen LogP contribution in [0.2, 0.25) is 0 Å². The third kappa shape index (κ3) is 1.53. The van der Waals surface area contributed by atoms with Gasteiger partial charge in [0.05, 0.1) is 7.11 Å². The van der Waals surface area contributed by atoms with E-state index in [0.29, 0.717) is 23.8 Å². The molecule has 1 saturated carbocycles. The highest BCUT2D eigenvalue weighted by molar-refractivity contribution is 5.75. The molecular formula is C12H16N4O. The topological polar surface area (TPSA) is 66.0 Å². The van der Waals surface area contributed by atoms with E-state index in [0.717, 1.165) is 11.2 Å². The van der Waals surface area contributed by atoms with E-state index in [9.17, 15) is 0 Å². The Bertz CT molecular complexity index is 563. The van der Waals surface area contributed by atoms with Crippen LogP contribution in [0.1, 0.15) is 25.8 Å². The van der Waals surface area contributed by atoms with Crippen LogP contribution in [0.5, 0.6) is 5.88 Å². The van der Waals surface area contributed by atoms with Gasteiger partial charge in [-0.15, -0.1) is 0 Å². The Morgan fingerprint density at radius 3 is 2.94 bits per heavy atom. The Hall–Kier alpha value is -1.78. The fourth-order valence-electron chi connectivity index (χ4n) is 2.40. The number of imidazole rings is 1. The SMILES string of the molecule is CCC1CC1n1c(N)nc2ccc(OC)nc21. The monoisotopic (exact) mass is 232 g/mol. The van der Waals surface area contributed by atoms with E-state index in [1.807, 2.05) is 16.7 Å². The van der Waals surface area contributed by atoms with E-state index in [-0.39, 0.29) is 0 Å². The van der Waals surface area contributed by atoms with Gasteiger partial charge in [-0.2, -0.15) is 4.98 Å². The van der Waals surface area contributed by atoms with Gasteiger partial charge in [0, 0.05) is 12.1 Å². The van der Waals surface area contributed by atoms with Crippen LogP contribution in [0.25, 0.3) is 11.2 Å². The third-order valence-corrected chi connectivity index (χ3v) is 3.49. The standard InChI is InChI=1S/C12H16N4O/c1-3-7-6-9(7)16-11-8(14-12(16)13)4-5-10(15-11)17-2/h4-5,7,9H,3,6H2,1-2H3,(H2,13,14). The summed E-state index contributed by atoms with van der Waals surface area (Å²) in [5, 5.41) is 0. The van der Waals surface area contributed by atoms with Crippen LogP contribution in [0.3, 0.4) is 0 Å². The molecule has 0 saturated heterocycles. The van der Waals surface area contributed by atoms with E-state index in [2.05, 4.69) is 16.9 Å². The summed E-state index contributed by atoms with van der Waals surface area (Å²) >= 11 is 0. The summed E-state index contributed by atoms with van der Waals surface area (Å²) in [4.78, 5) is 8.78. The lowest BCUT2D eigenvalue weighted by atomic mass is 10.3. The minimum absolute atomic E-state index is 0.463. The maximum atomic E-state index is 5.97. The Balaban J connectivity index is 2.12. The molecule has 1 aliphatic rings. The maximum absolute atomic E-state index is 5.97. The van der Waals surface area contributed by atoms with E-state index >= 15 is 0 Å². The number of rotatable bonds is 3. The van der Waals surface area contributed by atoms with E-state index in [1.165, 1.54) is 12.8 Å². The van der Waals surface area contributed by atoms with Gasteiger partial charge in [-0.25, -0.2) is 4.98 Å². The van der Waals surface area contributed by atoms with Crippen LogP contribution in [-0.4, -0.2) is 21.6 Å². The average molecular weight is 232 g/mol. The van der Waals surface area contributed by atoms with Gasteiger partial charge in [-0.05, 0) is 18.4 Å². The molecule has 2 aromatic rings. The number of nitrogens with zero attached hydrogens (tertiary/aromatic N) is 3. The highest BCUT2D eigenvalue weighted by atomic mass is 16.5. The molecule has 0 radical (unpaired) electrons. The maximum Gasteiger partial charge on any atom is 0.215 e. The zero-order valence-corrected chi connectivity index (χ0v) is 10.1. The molecule has 2 aromatic heterocycles. The highest BCUT2D eigenvalue weighted by Gasteiger charge is 2.39. The zero-order valence-electron chi connectivity index (χ0n) is 10.1. The number of methoxy groups -OCH3 is 1. The molecule has 5 nitrogen and oxygen atoms in total. The number of nitrogens with two attached hydrogens (primary N) is 1. The van der Waals surface area contributed by atoms with Crippen LogP contribution < -0.4 is 10.5 Å². The molecule has 2 unspecified atom stereocenters. The zero-order chi connectivity index (χ0) is 12.0. The molecule has 0 aliphatic heterocycles. The van der Waals surface area contributed by atoms with Crippen molar-refractivity contribution < 1.29 is 4.74 Å². The van der Waals surface area contributed by atoms with Crippen molar-refractivity contribution in [1.82, 2.24) is 14.5 Å². The van der Waals surface area contributed by atoms with Gasteiger partial charge >= 0.3 is 0 Å². The lowest BCUT2D eigenvalue weighted by Crippen LogP contribution is -2.03. The number of fused-ring (bicyclic) bond motifs is 1.